The lowest BCUT2D eigenvalue weighted by Crippen LogP contribution is -2.60. The van der Waals surface area contributed by atoms with Gasteiger partial charge in [0.05, 0.1) is 18.1 Å². The average Bonchev–Trinajstić information content (AvgIpc) is 3.00. The number of aliphatic hydroxyl groups excluding tert-OH is 2. The fraction of sp³-hybridized carbons (Fsp3) is 0.853. The van der Waals surface area contributed by atoms with E-state index in [9.17, 15) is 34.2 Å². The van der Waals surface area contributed by atoms with Crippen molar-refractivity contribution in [1.82, 2.24) is 16.0 Å². The Kier molecular flexibility index (Phi) is 19.7. The van der Waals surface area contributed by atoms with Gasteiger partial charge >= 0.3 is 11.9 Å². The number of amides is 3. The summed E-state index contributed by atoms with van der Waals surface area (Å²) in [6, 6.07) is -4.03. The molecule has 1 heterocycles. The van der Waals surface area contributed by atoms with Gasteiger partial charge in [-0.25, -0.2) is 4.79 Å². The van der Waals surface area contributed by atoms with Gasteiger partial charge < -0.3 is 35.6 Å². The first-order valence-electron chi connectivity index (χ1n) is 17.3. The Morgan fingerprint density at radius 2 is 1.28 bits per heavy atom. The maximum Gasteiger partial charge on any atom is 0.332 e. The summed E-state index contributed by atoms with van der Waals surface area (Å²) in [5.74, 6) is -5.92. The third-order valence-electron chi connectivity index (χ3n) is 8.75. The van der Waals surface area contributed by atoms with Gasteiger partial charge in [0.25, 0.3) is 0 Å². The maximum absolute atomic E-state index is 13.5. The van der Waals surface area contributed by atoms with Crippen molar-refractivity contribution in [1.29, 1.82) is 0 Å². The van der Waals surface area contributed by atoms with E-state index in [0.717, 1.165) is 32.6 Å². The predicted octanol–water partition coefficient (Wildman–Crippen LogP) is 3.30. The second-order valence-electron chi connectivity index (χ2n) is 13.3. The Morgan fingerprint density at radius 3 is 1.78 bits per heavy atom. The van der Waals surface area contributed by atoms with E-state index < -0.39 is 84.5 Å². The van der Waals surface area contributed by atoms with E-state index >= 15 is 0 Å². The molecule has 0 aromatic rings. The average molecular weight is 656 g/mol. The zero-order valence-electron chi connectivity index (χ0n) is 29.1. The lowest BCUT2D eigenvalue weighted by Gasteiger charge is -2.33. The molecule has 1 fully saturated rings. The summed E-state index contributed by atoms with van der Waals surface area (Å²) < 4.78 is 10.8. The first-order valence-corrected chi connectivity index (χ1v) is 17.3. The zero-order chi connectivity index (χ0) is 34.8. The summed E-state index contributed by atoms with van der Waals surface area (Å²) in [4.78, 5) is 64.8. The summed E-state index contributed by atoms with van der Waals surface area (Å²) in [7, 11) is 0. The zero-order valence-corrected chi connectivity index (χ0v) is 29.1. The molecule has 0 bridgehead atoms. The van der Waals surface area contributed by atoms with Gasteiger partial charge in [-0.2, -0.15) is 0 Å². The monoisotopic (exact) mass is 655 g/mol. The second-order valence-corrected chi connectivity index (χ2v) is 13.3. The molecule has 8 atom stereocenters. The quantitative estimate of drug-likeness (QED) is 0.109. The fourth-order valence-electron chi connectivity index (χ4n) is 5.63. The number of nitrogens with one attached hydrogen (secondary N) is 3. The van der Waals surface area contributed by atoms with Crippen molar-refractivity contribution < 1.29 is 43.7 Å². The molecule has 1 rings (SSSR count). The van der Waals surface area contributed by atoms with E-state index in [-0.39, 0.29) is 5.92 Å². The van der Waals surface area contributed by atoms with Crippen LogP contribution in [0.3, 0.4) is 0 Å². The first kappa shape index (κ1) is 41.3. The Labute approximate surface area is 275 Å². The molecule has 1 aliphatic rings. The van der Waals surface area contributed by atoms with Crippen LogP contribution in [0.2, 0.25) is 0 Å². The van der Waals surface area contributed by atoms with Gasteiger partial charge in [-0.15, -0.1) is 0 Å². The third kappa shape index (κ3) is 14.8. The highest BCUT2D eigenvalue weighted by atomic mass is 16.6. The van der Waals surface area contributed by atoms with Gasteiger partial charge in [0.2, 0.25) is 17.7 Å². The van der Waals surface area contributed by atoms with Crippen LogP contribution in [0, 0.1) is 17.8 Å². The van der Waals surface area contributed by atoms with Crippen LogP contribution in [0.1, 0.15) is 126 Å². The van der Waals surface area contributed by atoms with Crippen LogP contribution in [0.5, 0.6) is 0 Å². The van der Waals surface area contributed by atoms with E-state index in [1.165, 1.54) is 51.9 Å². The van der Waals surface area contributed by atoms with Crippen LogP contribution in [0.15, 0.2) is 0 Å². The molecule has 1 saturated heterocycles. The molecule has 0 unspecified atom stereocenters. The number of aliphatic hydroxyl groups is 2. The molecule has 12 nitrogen and oxygen atoms in total. The number of unbranched alkanes of at least 4 members (excludes halogenated alkanes) is 10. The Balaban J connectivity index is 3.08. The number of carbonyl (C=O) groups excluding carboxylic acids is 5. The third-order valence-corrected chi connectivity index (χ3v) is 8.75. The van der Waals surface area contributed by atoms with Crippen LogP contribution in [0.25, 0.3) is 0 Å². The van der Waals surface area contributed by atoms with Gasteiger partial charge in [-0.05, 0) is 19.3 Å². The Morgan fingerprint density at radius 1 is 0.783 bits per heavy atom. The number of hydrogen-bond donors (Lipinski definition) is 5. The number of cyclic esters (lactones) is 1. The van der Waals surface area contributed by atoms with Gasteiger partial charge in [-0.1, -0.05) is 105 Å². The van der Waals surface area contributed by atoms with Crippen LogP contribution < -0.4 is 16.0 Å². The van der Waals surface area contributed by atoms with Gasteiger partial charge in [0.15, 0.2) is 6.04 Å². The van der Waals surface area contributed by atoms with Crippen LogP contribution >= 0.6 is 0 Å². The molecular weight excluding hydrogens is 594 g/mol. The molecule has 1 aliphatic heterocycles. The van der Waals surface area contributed by atoms with E-state index in [0.29, 0.717) is 6.42 Å². The Hall–Kier alpha value is -2.73. The van der Waals surface area contributed by atoms with E-state index in [1.54, 1.807) is 27.7 Å². The maximum atomic E-state index is 13.5. The van der Waals surface area contributed by atoms with Gasteiger partial charge in [0.1, 0.15) is 24.8 Å². The summed E-state index contributed by atoms with van der Waals surface area (Å²) in [6.07, 6.45) is 9.87. The van der Waals surface area contributed by atoms with E-state index in [2.05, 4.69) is 22.9 Å². The standard InChI is InChI=1S/C34H61N3O9/c1-8-9-10-11-12-13-14-15-16-17-18-19-27(40)22(4)30-23(5)31(41)36-28(21(2)3)32(42)37-29(24(6)38)33(43)35-26(34(44)46-30)20-45-25(7)39/h21-24,26-30,38,40H,8-20H2,1-7H3,(H,35,43)(H,36,41)(H,37,42)/t22-,23+,24+,26-,27+,28-,29-,30+/m0/s1. The highest BCUT2D eigenvalue weighted by Crippen LogP contribution is 2.25. The molecule has 0 aromatic carbocycles. The largest absolute Gasteiger partial charge is 0.463 e. The molecule has 46 heavy (non-hydrogen) atoms. The molecular formula is C34H61N3O9. The minimum absolute atomic E-state index is 0.388. The smallest absolute Gasteiger partial charge is 0.332 e. The van der Waals surface area contributed by atoms with Crippen molar-refractivity contribution >= 4 is 29.7 Å². The number of rotatable bonds is 18. The van der Waals surface area contributed by atoms with Gasteiger partial charge in [-0.3, -0.25) is 19.2 Å². The van der Waals surface area contributed by atoms with Crippen LogP contribution in [-0.4, -0.2) is 82.9 Å². The molecule has 12 heteroatoms. The molecule has 0 aliphatic carbocycles. The summed E-state index contributed by atoms with van der Waals surface area (Å²) in [5.41, 5.74) is 0. The van der Waals surface area contributed by atoms with Crippen molar-refractivity contribution in [3.8, 4) is 0 Å². The van der Waals surface area contributed by atoms with Gasteiger partial charge in [0, 0.05) is 12.8 Å². The summed E-state index contributed by atoms with van der Waals surface area (Å²) in [6.45, 7) is 10.8. The number of esters is 2. The number of hydrogen-bond acceptors (Lipinski definition) is 9. The highest BCUT2D eigenvalue weighted by Gasteiger charge is 2.41. The lowest BCUT2D eigenvalue weighted by molar-refractivity contribution is -0.166. The molecule has 3 amide bonds. The molecule has 266 valence electrons. The minimum Gasteiger partial charge on any atom is -0.463 e. The summed E-state index contributed by atoms with van der Waals surface area (Å²) >= 11 is 0. The molecule has 0 spiro atoms. The topological polar surface area (TPSA) is 180 Å². The van der Waals surface area contributed by atoms with Crippen molar-refractivity contribution in [2.75, 3.05) is 6.61 Å². The van der Waals surface area contributed by atoms with Crippen molar-refractivity contribution in [2.45, 2.75) is 162 Å². The predicted molar refractivity (Wildman–Crippen MR) is 174 cm³/mol. The second kappa shape index (κ2) is 22.0. The number of carbonyl (C=O) groups is 5. The molecule has 0 aromatic heterocycles. The van der Waals surface area contributed by atoms with Crippen molar-refractivity contribution in [3.05, 3.63) is 0 Å². The van der Waals surface area contributed by atoms with Crippen molar-refractivity contribution in [3.63, 3.8) is 0 Å². The molecule has 0 radical (unpaired) electrons. The normalized spacial score (nSPS) is 25.1. The Bertz CT molecular complexity index is 958. The van der Waals surface area contributed by atoms with E-state index in [4.69, 9.17) is 9.47 Å². The lowest BCUT2D eigenvalue weighted by atomic mass is 9.86. The van der Waals surface area contributed by atoms with E-state index in [1.807, 2.05) is 0 Å². The minimum atomic E-state index is -1.50. The van der Waals surface area contributed by atoms with Crippen LogP contribution in [-0.2, 0) is 33.4 Å². The molecule has 0 saturated carbocycles. The summed E-state index contributed by atoms with van der Waals surface area (Å²) in [5, 5.41) is 29.0. The van der Waals surface area contributed by atoms with Crippen LogP contribution in [0.4, 0.5) is 0 Å². The highest BCUT2D eigenvalue weighted by molar-refractivity contribution is 5.94. The first-order chi connectivity index (χ1) is 21.7. The fourth-order valence-corrected chi connectivity index (χ4v) is 5.63. The van der Waals surface area contributed by atoms with Crippen molar-refractivity contribution in [2.24, 2.45) is 17.8 Å². The molecule has 5 N–H and O–H groups in total. The SMILES string of the molecule is CCCCCCCCCCCCC[C@@H](O)[C@H](C)[C@H]1OC(=O)[C@H](COC(C)=O)NC(=O)[C@H]([C@@H](C)O)NC(=O)[C@H](C(C)C)NC(=O)[C@@H]1C. The number of ether oxygens (including phenoxy) is 2.